The molecule has 2 fully saturated rings. The lowest BCUT2D eigenvalue weighted by Crippen LogP contribution is -2.61. The second-order valence-electron chi connectivity index (χ2n) is 12.8. The highest BCUT2D eigenvalue weighted by Crippen LogP contribution is 2.65. The van der Waals surface area contributed by atoms with E-state index in [1.807, 2.05) is 49.5 Å². The number of likely N-dealkylation sites (tertiary alicyclic amines) is 1. The van der Waals surface area contributed by atoms with E-state index in [0.29, 0.717) is 0 Å². The zero-order valence-electron chi connectivity index (χ0n) is 24.9. The van der Waals surface area contributed by atoms with E-state index in [-0.39, 0.29) is 41.8 Å². The molecular formula is C29H37F3N6O5. The number of aryl methyl sites for hydroxylation is 1. The van der Waals surface area contributed by atoms with Crippen molar-refractivity contribution >= 4 is 23.6 Å². The molecular weight excluding hydrogens is 569 g/mol. The summed E-state index contributed by atoms with van der Waals surface area (Å²) in [7, 11) is 1.61. The summed E-state index contributed by atoms with van der Waals surface area (Å²) in [5, 5.41) is 8.72. The number of carbonyl (C=O) groups excluding carboxylic acids is 4. The number of nitrogens with zero attached hydrogens (tertiary/aromatic N) is 3. The van der Waals surface area contributed by atoms with Crippen molar-refractivity contribution in [2.24, 2.45) is 35.4 Å². The van der Waals surface area contributed by atoms with E-state index in [0.717, 1.165) is 5.56 Å². The van der Waals surface area contributed by atoms with Crippen molar-refractivity contribution in [2.45, 2.75) is 65.5 Å². The Hall–Kier alpha value is -4.10. The number of piperidine rings is 1. The van der Waals surface area contributed by atoms with Gasteiger partial charge in [0, 0.05) is 19.8 Å². The fourth-order valence-corrected chi connectivity index (χ4v) is 5.89. The molecule has 1 aromatic heterocycles. The lowest BCUT2D eigenvalue weighted by atomic mass is 9.85. The van der Waals surface area contributed by atoms with Crippen LogP contribution in [0.5, 0.6) is 5.88 Å². The Morgan fingerprint density at radius 2 is 1.74 bits per heavy atom. The molecule has 4 N–H and O–H groups in total. The van der Waals surface area contributed by atoms with Crippen molar-refractivity contribution in [1.82, 2.24) is 25.3 Å². The third-order valence-electron chi connectivity index (χ3n) is 8.33. The zero-order chi connectivity index (χ0) is 32.1. The lowest BCUT2D eigenvalue weighted by Gasteiger charge is -2.38. The molecule has 1 aliphatic heterocycles. The molecule has 1 saturated carbocycles. The molecule has 4 amide bonds. The van der Waals surface area contributed by atoms with Crippen molar-refractivity contribution in [2.75, 3.05) is 6.54 Å². The number of alkyl halides is 3. The van der Waals surface area contributed by atoms with Crippen LogP contribution in [-0.4, -0.2) is 63.1 Å². The van der Waals surface area contributed by atoms with Crippen LogP contribution in [-0.2, 0) is 32.8 Å². The number of nitrogens with two attached hydrogens (primary N) is 1. The van der Waals surface area contributed by atoms with Gasteiger partial charge < -0.3 is 26.0 Å². The van der Waals surface area contributed by atoms with Gasteiger partial charge in [0.15, 0.2) is 0 Å². The average molecular weight is 607 g/mol. The van der Waals surface area contributed by atoms with Crippen molar-refractivity contribution < 1.29 is 37.1 Å². The molecule has 5 atom stereocenters. The third kappa shape index (κ3) is 6.47. The Morgan fingerprint density at radius 1 is 1.12 bits per heavy atom. The van der Waals surface area contributed by atoms with Crippen molar-refractivity contribution in [3.05, 3.63) is 47.7 Å². The Labute approximate surface area is 247 Å². The van der Waals surface area contributed by atoms with Crippen molar-refractivity contribution in [1.29, 1.82) is 0 Å². The normalized spacial score (nSPS) is 22.3. The summed E-state index contributed by atoms with van der Waals surface area (Å²) in [6.07, 6.45) is -3.71. The number of amides is 4. The number of aromatic nitrogens is 2. The number of carbonyl (C=O) groups is 4. The maximum atomic E-state index is 13.9. The van der Waals surface area contributed by atoms with Gasteiger partial charge in [-0.05, 0) is 28.2 Å². The summed E-state index contributed by atoms with van der Waals surface area (Å²) in [5.74, 6) is -5.05. The van der Waals surface area contributed by atoms with E-state index in [1.54, 1.807) is 7.05 Å². The van der Waals surface area contributed by atoms with Gasteiger partial charge in [0.05, 0.1) is 5.56 Å². The number of fused-ring (bicyclic) bond motifs is 1. The highest BCUT2D eigenvalue weighted by Gasteiger charge is 2.70. The second kappa shape index (κ2) is 11.2. The largest absolute Gasteiger partial charge is 0.471 e. The number of halogens is 3. The Morgan fingerprint density at radius 3 is 2.30 bits per heavy atom. The first-order chi connectivity index (χ1) is 19.8. The number of benzene rings is 1. The molecule has 14 heteroatoms. The molecule has 11 nitrogen and oxygen atoms in total. The first-order valence-corrected chi connectivity index (χ1v) is 13.8. The van der Waals surface area contributed by atoms with Crippen molar-refractivity contribution in [3.8, 4) is 5.88 Å². The van der Waals surface area contributed by atoms with Gasteiger partial charge in [0.25, 0.3) is 0 Å². The molecule has 234 valence electrons. The van der Waals surface area contributed by atoms with Crippen LogP contribution >= 0.6 is 0 Å². The van der Waals surface area contributed by atoms with Crippen LogP contribution in [0.25, 0.3) is 0 Å². The Bertz CT molecular complexity index is 1400. The minimum absolute atomic E-state index is 0.0714. The van der Waals surface area contributed by atoms with E-state index >= 15 is 0 Å². The van der Waals surface area contributed by atoms with Crippen LogP contribution < -0.4 is 21.1 Å². The fraction of sp³-hybridized carbons (Fsp3) is 0.552. The molecule has 2 heterocycles. The Balaban J connectivity index is 1.60. The number of nitrogens with one attached hydrogen (secondary N) is 2. The van der Waals surface area contributed by atoms with Gasteiger partial charge in [-0.3, -0.25) is 23.9 Å². The highest BCUT2D eigenvalue weighted by molar-refractivity contribution is 5.96. The molecule has 2 unspecified atom stereocenters. The van der Waals surface area contributed by atoms with Gasteiger partial charge in [-0.25, -0.2) is 0 Å². The number of primary amides is 1. The summed E-state index contributed by atoms with van der Waals surface area (Å²) in [6.45, 7) is 8.64. The molecule has 1 aliphatic carbocycles. The molecule has 2 aromatic rings. The van der Waals surface area contributed by atoms with E-state index in [1.165, 1.54) is 36.5 Å². The topological polar surface area (TPSA) is 149 Å². The predicted molar refractivity (Wildman–Crippen MR) is 148 cm³/mol. The van der Waals surface area contributed by atoms with Crippen LogP contribution in [0.2, 0.25) is 0 Å². The number of hydrogen-bond acceptors (Lipinski definition) is 6. The van der Waals surface area contributed by atoms with Gasteiger partial charge in [-0.1, -0.05) is 65.0 Å². The number of rotatable bonds is 9. The van der Waals surface area contributed by atoms with Gasteiger partial charge in [0.1, 0.15) is 24.7 Å². The maximum Gasteiger partial charge on any atom is 0.471 e. The predicted octanol–water partition coefficient (Wildman–Crippen LogP) is 2.22. The molecule has 1 aromatic carbocycles. The molecule has 1 saturated heterocycles. The quantitative estimate of drug-likeness (QED) is 0.399. The monoisotopic (exact) mass is 606 g/mol. The zero-order valence-corrected chi connectivity index (χ0v) is 24.9. The van der Waals surface area contributed by atoms with Crippen LogP contribution in [0.3, 0.4) is 0 Å². The minimum Gasteiger partial charge on any atom is -0.471 e. The molecule has 2 aliphatic rings. The first kappa shape index (κ1) is 31.8. The summed E-state index contributed by atoms with van der Waals surface area (Å²) in [6, 6.07) is 5.15. The first-order valence-electron chi connectivity index (χ1n) is 13.8. The standard InChI is InChI=1S/C29H37F3N6O5/c1-27(2,3)21(35-26(42)29(30,31)32)25(41)38-13-17-18(28(17,4)5)20(38)23(40)34-19(22(33)39)16-12-37(6)36-24(16)43-14-15-10-8-7-9-11-15/h7-12,17-21H,13-14H2,1-6H3,(H2,33,39)(H,34,40)(H,35,42)/t17-,18-,19?,20-,21?/m0/s1. The van der Waals surface area contributed by atoms with Crippen LogP contribution in [0.15, 0.2) is 36.5 Å². The second-order valence-corrected chi connectivity index (χ2v) is 12.8. The van der Waals surface area contributed by atoms with E-state index in [2.05, 4.69) is 10.4 Å². The van der Waals surface area contributed by atoms with Gasteiger partial charge in [0.2, 0.25) is 23.6 Å². The number of hydrogen-bond donors (Lipinski definition) is 3. The van der Waals surface area contributed by atoms with Crippen molar-refractivity contribution in [3.63, 3.8) is 0 Å². The molecule has 0 radical (unpaired) electrons. The summed E-state index contributed by atoms with van der Waals surface area (Å²) < 4.78 is 46.6. The third-order valence-corrected chi connectivity index (χ3v) is 8.33. The van der Waals surface area contributed by atoms with Gasteiger partial charge in [-0.15, -0.1) is 5.10 Å². The van der Waals surface area contributed by atoms with Crippen LogP contribution in [0.1, 0.15) is 51.8 Å². The minimum atomic E-state index is -5.20. The van der Waals surface area contributed by atoms with E-state index in [9.17, 15) is 32.3 Å². The van der Waals surface area contributed by atoms with E-state index in [4.69, 9.17) is 10.5 Å². The van der Waals surface area contributed by atoms with Gasteiger partial charge in [-0.2, -0.15) is 13.2 Å². The summed E-state index contributed by atoms with van der Waals surface area (Å²) >= 11 is 0. The molecule has 4 rings (SSSR count). The molecule has 0 bridgehead atoms. The molecule has 0 spiro atoms. The smallest absolute Gasteiger partial charge is 0.471 e. The van der Waals surface area contributed by atoms with Crippen LogP contribution in [0.4, 0.5) is 13.2 Å². The Kier molecular flexibility index (Phi) is 8.28. The summed E-state index contributed by atoms with van der Waals surface area (Å²) in [5.41, 5.74) is 5.30. The van der Waals surface area contributed by atoms with Crippen LogP contribution in [0, 0.1) is 22.7 Å². The van der Waals surface area contributed by atoms with E-state index < -0.39 is 53.3 Å². The average Bonchev–Trinajstić information content (AvgIpc) is 3.22. The maximum absolute atomic E-state index is 13.9. The fourth-order valence-electron chi connectivity index (χ4n) is 5.89. The number of ether oxygens (including phenoxy) is 1. The SMILES string of the molecule is Cn1cc(C(NC(=O)[C@@H]2[C@@H]3[C@H](CN2C(=O)C(NC(=O)C(F)(F)F)C(C)(C)C)C3(C)C)C(N)=O)c(OCc2ccccc2)n1. The van der Waals surface area contributed by atoms with Gasteiger partial charge >= 0.3 is 12.1 Å². The summed E-state index contributed by atoms with van der Waals surface area (Å²) in [4.78, 5) is 53.3. The highest BCUT2D eigenvalue weighted by atomic mass is 19.4. The lowest BCUT2D eigenvalue weighted by molar-refractivity contribution is -0.176. The molecule has 43 heavy (non-hydrogen) atoms.